The molecule has 0 aliphatic rings. The zero-order valence-electron chi connectivity index (χ0n) is 8.62. The molecule has 0 unspecified atom stereocenters. The monoisotopic (exact) mass is 203 g/mol. The molecule has 0 aliphatic carbocycles. The van der Waals surface area contributed by atoms with Gasteiger partial charge in [0.25, 0.3) is 0 Å². The number of halogens is 1. The Bertz CT molecular complexity index is 470. The Morgan fingerprint density at radius 2 is 2.20 bits per heavy atom. The highest BCUT2D eigenvalue weighted by atomic mass is 19.1. The lowest BCUT2D eigenvalue weighted by atomic mass is 10.2. The molecule has 2 rings (SSSR count). The Morgan fingerprint density at radius 1 is 1.33 bits per heavy atom. The van der Waals surface area contributed by atoms with E-state index in [1.807, 2.05) is 24.4 Å². The van der Waals surface area contributed by atoms with Crippen LogP contribution < -0.4 is 0 Å². The van der Waals surface area contributed by atoms with Crippen molar-refractivity contribution in [1.29, 1.82) is 0 Å². The molecule has 0 atom stereocenters. The Morgan fingerprint density at radius 3 is 3.00 bits per heavy atom. The molecule has 0 saturated heterocycles. The fourth-order valence-corrected chi connectivity index (χ4v) is 1.76. The minimum Gasteiger partial charge on any atom is -0.347 e. The van der Waals surface area contributed by atoms with Crippen LogP contribution >= 0.6 is 0 Å². The molecule has 0 N–H and O–H groups in total. The quantitative estimate of drug-likeness (QED) is 0.527. The summed E-state index contributed by atoms with van der Waals surface area (Å²) in [4.78, 5) is 0. The van der Waals surface area contributed by atoms with E-state index in [-0.39, 0.29) is 5.82 Å². The largest absolute Gasteiger partial charge is 0.347 e. The topological polar surface area (TPSA) is 4.93 Å². The first-order valence-electron chi connectivity index (χ1n) is 5.16. The highest BCUT2D eigenvalue weighted by molar-refractivity contribution is 5.80. The summed E-state index contributed by atoms with van der Waals surface area (Å²) in [5.41, 5.74) is 0.971. The van der Waals surface area contributed by atoms with Crippen molar-refractivity contribution in [3.8, 4) is 0 Å². The van der Waals surface area contributed by atoms with Gasteiger partial charge < -0.3 is 4.57 Å². The summed E-state index contributed by atoms with van der Waals surface area (Å²) in [7, 11) is 0. The molecule has 0 fully saturated rings. The van der Waals surface area contributed by atoms with Crippen LogP contribution in [0.2, 0.25) is 0 Å². The van der Waals surface area contributed by atoms with Crippen LogP contribution in [0.3, 0.4) is 0 Å². The number of fused-ring (bicyclic) bond motifs is 1. The third-order valence-corrected chi connectivity index (χ3v) is 2.54. The second-order valence-corrected chi connectivity index (χ2v) is 3.64. The van der Waals surface area contributed by atoms with Crippen molar-refractivity contribution in [1.82, 2.24) is 4.57 Å². The van der Waals surface area contributed by atoms with Crippen LogP contribution in [0.5, 0.6) is 0 Å². The summed E-state index contributed by atoms with van der Waals surface area (Å²) in [5.74, 6) is -0.175. The number of aromatic nitrogens is 1. The highest BCUT2D eigenvalue weighted by Crippen LogP contribution is 2.17. The predicted molar refractivity (Wildman–Crippen MR) is 61.3 cm³/mol. The summed E-state index contributed by atoms with van der Waals surface area (Å²) in [6.45, 7) is 4.60. The average Bonchev–Trinajstić information content (AvgIpc) is 2.62. The Labute approximate surface area is 88.8 Å². The number of nitrogens with zero attached hydrogens (tertiary/aromatic N) is 1. The number of rotatable bonds is 4. The lowest BCUT2D eigenvalue weighted by Gasteiger charge is -2.03. The van der Waals surface area contributed by atoms with E-state index in [2.05, 4.69) is 11.1 Å². The predicted octanol–water partition coefficient (Wildman–Crippen LogP) is 3.75. The normalized spacial score (nSPS) is 10.7. The summed E-state index contributed by atoms with van der Waals surface area (Å²) >= 11 is 0. The first kappa shape index (κ1) is 9.97. The molecule has 0 spiro atoms. The van der Waals surface area contributed by atoms with Crippen molar-refractivity contribution in [3.63, 3.8) is 0 Å². The van der Waals surface area contributed by atoms with Gasteiger partial charge in [0.05, 0.1) is 5.52 Å². The van der Waals surface area contributed by atoms with Crippen molar-refractivity contribution in [2.45, 2.75) is 19.4 Å². The lowest BCUT2D eigenvalue weighted by molar-refractivity contribution is 0.625. The van der Waals surface area contributed by atoms with Gasteiger partial charge in [-0.3, -0.25) is 0 Å². The minimum absolute atomic E-state index is 0.175. The fourth-order valence-electron chi connectivity index (χ4n) is 1.76. The van der Waals surface area contributed by atoms with Gasteiger partial charge in [-0.1, -0.05) is 6.08 Å². The molecule has 1 aromatic heterocycles. The lowest BCUT2D eigenvalue weighted by Crippen LogP contribution is -1.95. The molecule has 2 aromatic rings. The Balaban J connectivity index is 2.27. The molecule has 0 amide bonds. The molecule has 0 saturated carbocycles. The molecule has 78 valence electrons. The number of unbranched alkanes of at least 4 members (excludes halogenated alkanes) is 1. The third-order valence-electron chi connectivity index (χ3n) is 2.54. The molecule has 0 aliphatic heterocycles. The van der Waals surface area contributed by atoms with Gasteiger partial charge in [0.1, 0.15) is 5.82 Å². The van der Waals surface area contributed by atoms with Gasteiger partial charge in [-0.05, 0) is 42.5 Å². The van der Waals surface area contributed by atoms with E-state index in [0.29, 0.717) is 0 Å². The van der Waals surface area contributed by atoms with Gasteiger partial charge >= 0.3 is 0 Å². The summed E-state index contributed by atoms with van der Waals surface area (Å²) in [5, 5.41) is 1.09. The summed E-state index contributed by atoms with van der Waals surface area (Å²) in [6, 6.07) is 6.91. The molecule has 0 bridgehead atoms. The van der Waals surface area contributed by atoms with Crippen LogP contribution in [0.1, 0.15) is 12.8 Å². The van der Waals surface area contributed by atoms with Crippen LogP contribution in [0.25, 0.3) is 10.9 Å². The maximum absolute atomic E-state index is 13.1. The van der Waals surface area contributed by atoms with Crippen molar-refractivity contribution in [2.24, 2.45) is 0 Å². The molecule has 2 heteroatoms. The van der Waals surface area contributed by atoms with Gasteiger partial charge in [0.2, 0.25) is 0 Å². The molecule has 1 nitrogen and oxygen atoms in total. The average molecular weight is 203 g/mol. The van der Waals surface area contributed by atoms with Crippen molar-refractivity contribution < 1.29 is 4.39 Å². The van der Waals surface area contributed by atoms with Gasteiger partial charge in [-0.15, -0.1) is 6.58 Å². The first-order chi connectivity index (χ1) is 7.31. The van der Waals surface area contributed by atoms with Crippen LogP contribution in [0.4, 0.5) is 4.39 Å². The molecular weight excluding hydrogens is 189 g/mol. The van der Waals surface area contributed by atoms with Crippen molar-refractivity contribution in [2.75, 3.05) is 0 Å². The van der Waals surface area contributed by atoms with Crippen LogP contribution in [-0.2, 0) is 6.54 Å². The standard InChI is InChI=1S/C13H14FN/c1-2-3-4-8-15-9-7-11-5-6-12(14)10-13(11)15/h2,5-7,9-10H,1,3-4,8H2. The second-order valence-electron chi connectivity index (χ2n) is 3.64. The van der Waals surface area contributed by atoms with Crippen LogP contribution in [0, 0.1) is 5.82 Å². The van der Waals surface area contributed by atoms with Gasteiger partial charge in [0, 0.05) is 12.7 Å². The van der Waals surface area contributed by atoms with E-state index >= 15 is 0 Å². The zero-order chi connectivity index (χ0) is 10.7. The van der Waals surface area contributed by atoms with E-state index in [9.17, 15) is 4.39 Å². The van der Waals surface area contributed by atoms with Crippen molar-refractivity contribution in [3.05, 3.63) is 48.9 Å². The number of benzene rings is 1. The third kappa shape index (κ3) is 2.09. The fraction of sp³-hybridized carbons (Fsp3) is 0.231. The van der Waals surface area contributed by atoms with Crippen molar-refractivity contribution >= 4 is 10.9 Å². The number of hydrogen-bond donors (Lipinski definition) is 0. The van der Waals surface area contributed by atoms with E-state index in [0.717, 1.165) is 30.3 Å². The molecule has 15 heavy (non-hydrogen) atoms. The number of allylic oxidation sites excluding steroid dienone is 1. The SMILES string of the molecule is C=CCCCn1ccc2ccc(F)cc21. The van der Waals surface area contributed by atoms with E-state index in [1.54, 1.807) is 6.07 Å². The van der Waals surface area contributed by atoms with E-state index in [1.165, 1.54) is 6.07 Å². The van der Waals surface area contributed by atoms with Gasteiger partial charge in [0.15, 0.2) is 0 Å². The molecule has 0 radical (unpaired) electrons. The molecular formula is C13H14FN. The molecule has 1 heterocycles. The van der Waals surface area contributed by atoms with E-state index in [4.69, 9.17) is 0 Å². The van der Waals surface area contributed by atoms with E-state index < -0.39 is 0 Å². The maximum Gasteiger partial charge on any atom is 0.125 e. The zero-order valence-corrected chi connectivity index (χ0v) is 8.62. The van der Waals surface area contributed by atoms with Crippen LogP contribution in [0.15, 0.2) is 43.1 Å². The Kier molecular flexibility index (Phi) is 2.86. The first-order valence-corrected chi connectivity index (χ1v) is 5.16. The summed E-state index contributed by atoms with van der Waals surface area (Å²) < 4.78 is 15.1. The Hall–Kier alpha value is -1.57. The van der Waals surface area contributed by atoms with Gasteiger partial charge in [-0.2, -0.15) is 0 Å². The smallest absolute Gasteiger partial charge is 0.125 e. The summed E-state index contributed by atoms with van der Waals surface area (Å²) in [6.07, 6.45) is 5.96. The number of aryl methyl sites for hydroxylation is 1. The van der Waals surface area contributed by atoms with Gasteiger partial charge in [-0.25, -0.2) is 4.39 Å². The highest BCUT2D eigenvalue weighted by Gasteiger charge is 2.01. The maximum atomic E-state index is 13.1. The second kappa shape index (κ2) is 4.30. The van der Waals surface area contributed by atoms with Crippen LogP contribution in [-0.4, -0.2) is 4.57 Å². The number of hydrogen-bond acceptors (Lipinski definition) is 0. The minimum atomic E-state index is -0.175. The molecule has 1 aromatic carbocycles.